The van der Waals surface area contributed by atoms with Crippen molar-refractivity contribution in [2.45, 2.75) is 32.9 Å². The quantitative estimate of drug-likeness (QED) is 0.859. The van der Waals surface area contributed by atoms with Crippen molar-refractivity contribution in [2.24, 2.45) is 5.41 Å². The van der Waals surface area contributed by atoms with E-state index in [1.54, 1.807) is 19.6 Å². The van der Waals surface area contributed by atoms with E-state index < -0.39 is 5.60 Å². The predicted molar refractivity (Wildman–Crippen MR) is 93.5 cm³/mol. The Morgan fingerprint density at radius 2 is 2.00 bits per heavy atom. The maximum absolute atomic E-state index is 11.5. The highest BCUT2D eigenvalue weighted by Gasteiger charge is 2.44. The van der Waals surface area contributed by atoms with Crippen molar-refractivity contribution >= 4 is 28.3 Å². The summed E-state index contributed by atoms with van der Waals surface area (Å²) in [4.78, 5) is 4.05. The summed E-state index contributed by atoms with van der Waals surface area (Å²) in [5.74, 6) is 0.677. The van der Waals surface area contributed by atoms with Crippen LogP contribution >= 0.6 is 28.3 Å². The van der Waals surface area contributed by atoms with Crippen LogP contribution in [0.2, 0.25) is 0 Å². The van der Waals surface area contributed by atoms with Crippen LogP contribution in [0.3, 0.4) is 0 Å². The Morgan fingerprint density at radius 1 is 1.32 bits per heavy atom. The molecular weight excluding hydrogens is 368 g/mol. The molecule has 1 N–H and O–H groups in total. The number of imidazole rings is 1. The topological polar surface area (TPSA) is 47.3 Å². The fourth-order valence-corrected chi connectivity index (χ4v) is 2.74. The minimum Gasteiger partial charge on any atom is -0.496 e. The fourth-order valence-electron chi connectivity index (χ4n) is 2.37. The van der Waals surface area contributed by atoms with Crippen molar-refractivity contribution in [1.82, 2.24) is 9.55 Å². The molecule has 2 aromatic rings. The Bertz CT molecular complexity index is 611. The minimum atomic E-state index is -1.09. The number of hydrogen-bond acceptors (Lipinski definition) is 3. The maximum Gasteiger partial charge on any atom is 0.125 e. The summed E-state index contributed by atoms with van der Waals surface area (Å²) in [5.41, 5.74) is -0.714. The predicted octanol–water partition coefficient (Wildman–Crippen LogP) is 4.01. The van der Waals surface area contributed by atoms with Crippen molar-refractivity contribution in [3.63, 3.8) is 0 Å². The van der Waals surface area contributed by atoms with Gasteiger partial charge in [-0.3, -0.25) is 0 Å². The van der Waals surface area contributed by atoms with Crippen molar-refractivity contribution < 1.29 is 9.84 Å². The van der Waals surface area contributed by atoms with Gasteiger partial charge in [-0.2, -0.15) is 0 Å². The zero-order valence-corrected chi connectivity index (χ0v) is 15.6. The van der Waals surface area contributed by atoms with Gasteiger partial charge < -0.3 is 14.4 Å². The third-order valence-electron chi connectivity index (χ3n) is 3.82. The molecule has 1 heterocycles. The third-order valence-corrected chi connectivity index (χ3v) is 4.31. The average Bonchev–Trinajstić information content (AvgIpc) is 2.90. The summed E-state index contributed by atoms with van der Waals surface area (Å²) in [6.07, 6.45) is 5.27. The summed E-state index contributed by atoms with van der Waals surface area (Å²) in [6.45, 7) is 6.46. The Balaban J connectivity index is 0.00000242. The van der Waals surface area contributed by atoms with E-state index >= 15 is 0 Å². The van der Waals surface area contributed by atoms with Gasteiger partial charge in [0.1, 0.15) is 11.4 Å². The number of aliphatic hydroxyl groups is 1. The van der Waals surface area contributed by atoms with Gasteiger partial charge >= 0.3 is 0 Å². The maximum atomic E-state index is 11.5. The smallest absolute Gasteiger partial charge is 0.125 e. The highest BCUT2D eigenvalue weighted by Crippen LogP contribution is 2.45. The lowest BCUT2D eigenvalue weighted by atomic mass is 9.71. The summed E-state index contributed by atoms with van der Waals surface area (Å²) < 4.78 is 8.24. The number of aromatic nitrogens is 2. The van der Waals surface area contributed by atoms with Crippen LogP contribution in [0, 0.1) is 5.41 Å². The van der Waals surface area contributed by atoms with E-state index in [1.807, 2.05) is 49.7 Å². The Kier molecular flexibility index (Phi) is 6.07. The molecule has 22 heavy (non-hydrogen) atoms. The number of nitrogens with zero attached hydrogens (tertiary/aromatic N) is 2. The fraction of sp³-hybridized carbons (Fsp3) is 0.438. The Morgan fingerprint density at radius 3 is 2.50 bits per heavy atom. The van der Waals surface area contributed by atoms with Crippen LogP contribution in [-0.2, 0) is 12.1 Å². The molecule has 0 aliphatic carbocycles. The Hall–Kier alpha value is -1.04. The number of ether oxygens (including phenoxy) is 1. The highest BCUT2D eigenvalue weighted by molar-refractivity contribution is 9.10. The SMILES string of the molecule is COc1ccc(Br)cc1C(O)(Cn1ccnc1)C(C)(C)C.Cl. The summed E-state index contributed by atoms with van der Waals surface area (Å²) >= 11 is 3.48. The first-order chi connectivity index (χ1) is 9.78. The molecule has 122 valence electrons. The number of methoxy groups -OCH3 is 1. The lowest BCUT2D eigenvalue weighted by Gasteiger charge is -2.41. The van der Waals surface area contributed by atoms with E-state index in [9.17, 15) is 5.11 Å². The molecule has 1 unspecified atom stereocenters. The molecule has 4 nitrogen and oxygen atoms in total. The van der Waals surface area contributed by atoms with Crippen LogP contribution in [0.25, 0.3) is 0 Å². The summed E-state index contributed by atoms with van der Waals surface area (Å²) in [6, 6.07) is 5.69. The van der Waals surface area contributed by atoms with E-state index in [0.717, 1.165) is 10.0 Å². The van der Waals surface area contributed by atoms with Crippen LogP contribution in [0.1, 0.15) is 26.3 Å². The highest BCUT2D eigenvalue weighted by atomic mass is 79.9. The lowest BCUT2D eigenvalue weighted by molar-refractivity contribution is -0.0795. The molecule has 0 aliphatic heterocycles. The molecule has 0 saturated heterocycles. The largest absolute Gasteiger partial charge is 0.496 e. The van der Waals surface area contributed by atoms with Crippen molar-refractivity contribution in [3.05, 3.63) is 47.0 Å². The molecule has 1 aromatic carbocycles. The normalized spacial score (nSPS) is 14.1. The molecule has 0 aliphatic rings. The second-order valence-electron chi connectivity index (χ2n) is 6.19. The number of halogens is 2. The van der Waals surface area contributed by atoms with Gasteiger partial charge in [0, 0.05) is 22.4 Å². The van der Waals surface area contributed by atoms with Gasteiger partial charge in [0.05, 0.1) is 20.0 Å². The third kappa shape index (κ3) is 3.65. The molecule has 2 rings (SSSR count). The number of benzene rings is 1. The molecule has 0 fully saturated rings. The number of hydrogen-bond donors (Lipinski definition) is 1. The van der Waals surface area contributed by atoms with Gasteiger partial charge in [-0.05, 0) is 23.6 Å². The van der Waals surface area contributed by atoms with Gasteiger partial charge in [0.25, 0.3) is 0 Å². The lowest BCUT2D eigenvalue weighted by Crippen LogP contribution is -2.43. The van der Waals surface area contributed by atoms with Gasteiger partial charge in [-0.25, -0.2) is 4.98 Å². The zero-order chi connectivity index (χ0) is 15.7. The second kappa shape index (κ2) is 7.02. The van der Waals surface area contributed by atoms with Crippen LogP contribution in [0.5, 0.6) is 5.75 Å². The molecule has 0 bridgehead atoms. The summed E-state index contributed by atoms with van der Waals surface area (Å²) in [5, 5.41) is 11.5. The zero-order valence-electron chi connectivity index (χ0n) is 13.2. The van der Waals surface area contributed by atoms with Gasteiger partial charge in [0.15, 0.2) is 0 Å². The molecule has 0 saturated carbocycles. The standard InChI is InChI=1S/C16H21BrN2O2.ClH/c1-15(2,3)16(20,10-19-8-7-18-11-19)13-9-12(17)5-6-14(13)21-4;/h5-9,11,20H,10H2,1-4H3;1H. The first-order valence-corrected chi connectivity index (χ1v) is 7.59. The van der Waals surface area contributed by atoms with Crippen molar-refractivity contribution in [1.29, 1.82) is 0 Å². The average molecular weight is 390 g/mol. The van der Waals surface area contributed by atoms with Crippen LogP contribution in [0.15, 0.2) is 41.4 Å². The number of rotatable bonds is 4. The summed E-state index contributed by atoms with van der Waals surface area (Å²) in [7, 11) is 1.62. The van der Waals surface area contributed by atoms with Gasteiger partial charge in [-0.15, -0.1) is 12.4 Å². The molecule has 1 atom stereocenters. The van der Waals surface area contributed by atoms with E-state index in [4.69, 9.17) is 4.74 Å². The second-order valence-corrected chi connectivity index (χ2v) is 7.11. The van der Waals surface area contributed by atoms with Crippen LogP contribution in [0.4, 0.5) is 0 Å². The molecule has 6 heteroatoms. The van der Waals surface area contributed by atoms with E-state index in [-0.39, 0.29) is 17.8 Å². The minimum absolute atomic E-state index is 0. The molecule has 0 radical (unpaired) electrons. The van der Waals surface area contributed by atoms with Crippen molar-refractivity contribution in [3.8, 4) is 5.75 Å². The molecular formula is C16H22BrClN2O2. The van der Waals surface area contributed by atoms with Crippen LogP contribution < -0.4 is 4.74 Å². The van der Waals surface area contributed by atoms with Crippen LogP contribution in [-0.4, -0.2) is 21.8 Å². The monoisotopic (exact) mass is 388 g/mol. The van der Waals surface area contributed by atoms with E-state index in [2.05, 4.69) is 20.9 Å². The van der Waals surface area contributed by atoms with Gasteiger partial charge in [0.2, 0.25) is 0 Å². The molecule has 0 amide bonds. The first-order valence-electron chi connectivity index (χ1n) is 6.80. The van der Waals surface area contributed by atoms with E-state index in [0.29, 0.717) is 12.3 Å². The Labute approximate surface area is 146 Å². The molecule has 0 spiro atoms. The first kappa shape index (κ1) is 19.0. The van der Waals surface area contributed by atoms with Gasteiger partial charge in [-0.1, -0.05) is 36.7 Å². The van der Waals surface area contributed by atoms with Crippen molar-refractivity contribution in [2.75, 3.05) is 7.11 Å². The molecule has 1 aromatic heterocycles. The van der Waals surface area contributed by atoms with E-state index in [1.165, 1.54) is 0 Å².